The lowest BCUT2D eigenvalue weighted by molar-refractivity contribution is -0.303. The minimum absolute atomic E-state index is 0.242. The van der Waals surface area contributed by atoms with E-state index in [1.54, 1.807) is 0 Å². The monoisotopic (exact) mass is 1230 g/mol. The molecule has 0 bridgehead atoms. The number of carbonyl (C=O) groups excluding carboxylic acids is 1. The number of unbranched alkanes of at least 4 members (excludes halogenated alkanes) is 46. The number of hydrogen-bond donors (Lipinski definition) is 8. The van der Waals surface area contributed by atoms with Crippen LogP contribution in [-0.4, -0.2) is 110 Å². The van der Waals surface area contributed by atoms with Gasteiger partial charge in [0, 0.05) is 0 Å². The third-order valence-corrected chi connectivity index (χ3v) is 18.1. The number of aliphatic hydroxyl groups excluding tert-OH is 7. The van der Waals surface area contributed by atoms with E-state index in [0.717, 1.165) is 44.9 Å². The molecule has 9 unspecified atom stereocenters. The van der Waals surface area contributed by atoms with E-state index in [1.165, 1.54) is 270 Å². The van der Waals surface area contributed by atoms with Gasteiger partial charge in [0.15, 0.2) is 6.29 Å². The summed E-state index contributed by atoms with van der Waals surface area (Å²) >= 11 is 0. The van der Waals surface area contributed by atoms with Crippen LogP contribution in [0.2, 0.25) is 0 Å². The van der Waals surface area contributed by atoms with E-state index in [4.69, 9.17) is 9.47 Å². The first-order valence-electron chi connectivity index (χ1n) is 37.5. The molecule has 9 atom stereocenters. The molecule has 0 radical (unpaired) electrons. The smallest absolute Gasteiger partial charge is 0.249 e. The minimum Gasteiger partial charge on any atom is -0.394 e. The van der Waals surface area contributed by atoms with Crippen molar-refractivity contribution in [2.75, 3.05) is 13.2 Å². The molecule has 1 heterocycles. The van der Waals surface area contributed by atoms with Gasteiger partial charge in [0.25, 0.3) is 0 Å². The van der Waals surface area contributed by atoms with Crippen molar-refractivity contribution in [1.29, 1.82) is 0 Å². The average Bonchev–Trinajstić information content (AvgIpc) is 2.18. The maximum absolute atomic E-state index is 13.3. The molecule has 512 valence electrons. The molecular weight excluding hydrogens is 1090 g/mol. The van der Waals surface area contributed by atoms with Gasteiger partial charge in [-0.25, -0.2) is 0 Å². The van der Waals surface area contributed by atoms with E-state index in [2.05, 4.69) is 67.8 Å². The summed E-state index contributed by atoms with van der Waals surface area (Å²) in [5.74, 6) is -0.708. The fourth-order valence-electron chi connectivity index (χ4n) is 12.1. The fraction of sp³-hybridized carbons (Fsp3) is 0.882. The maximum Gasteiger partial charge on any atom is 0.249 e. The summed E-state index contributed by atoms with van der Waals surface area (Å²) in [5, 5.41) is 76.6. The summed E-state index contributed by atoms with van der Waals surface area (Å²) in [6, 6.07) is -1.20. The van der Waals surface area contributed by atoms with Crippen LogP contribution in [0.1, 0.15) is 361 Å². The first-order valence-corrected chi connectivity index (χ1v) is 37.5. The largest absolute Gasteiger partial charge is 0.394 e. The van der Waals surface area contributed by atoms with E-state index in [0.29, 0.717) is 19.3 Å². The Morgan fingerprint density at radius 1 is 0.391 bits per heavy atom. The maximum atomic E-state index is 13.3. The SMILES string of the molecule is CCCCCCCCCCCCCC/C=C\CCCCCCCCCCCCCCCCCC(O)C(=O)NC(COC1OC(CO)C(O)C(O)C1O)C(O)C(O)CCC/C=C/CC/C=C/CC/C=C/CCCCCCCCCCCCCCCCCC. The summed E-state index contributed by atoms with van der Waals surface area (Å²) in [5.41, 5.74) is 0. The third kappa shape index (κ3) is 51.3. The standard InChI is InChI=1S/C76H143NO10/c1-3-5-7-9-11-13-15-17-19-21-23-25-27-29-31-33-34-36-38-40-42-44-46-48-50-52-54-56-58-60-62-64-69(80)75(85)77-67(66-86-76-74(84)73(83)72(82)70(65-78)87-76)71(81)68(79)63-61-59-57-55-53-51-49-47-45-43-41-39-37-35-32-30-28-26-24-22-20-18-16-14-12-10-8-6-4-2/h29,31,39,41,47,49,55,57,67-74,76,78-84H,3-28,30,32-38,40,42-46,48,50-54,56,58-66H2,1-2H3,(H,77,85)/b31-29-,41-39+,49-47+,57-55+. The van der Waals surface area contributed by atoms with E-state index in [9.17, 15) is 40.5 Å². The van der Waals surface area contributed by atoms with Crippen LogP contribution in [-0.2, 0) is 14.3 Å². The number of aliphatic hydroxyl groups is 7. The van der Waals surface area contributed by atoms with Gasteiger partial charge >= 0.3 is 0 Å². The summed E-state index contributed by atoms with van der Waals surface area (Å²) in [7, 11) is 0. The van der Waals surface area contributed by atoms with Crippen LogP contribution in [0, 0.1) is 0 Å². The molecule has 0 saturated carbocycles. The van der Waals surface area contributed by atoms with Gasteiger partial charge in [-0.1, -0.05) is 319 Å². The second-order valence-corrected chi connectivity index (χ2v) is 26.3. The van der Waals surface area contributed by atoms with Gasteiger partial charge in [-0.2, -0.15) is 0 Å². The molecule has 1 aliphatic rings. The summed E-state index contributed by atoms with van der Waals surface area (Å²) in [6.45, 7) is 3.49. The summed E-state index contributed by atoms with van der Waals surface area (Å²) in [6.07, 6.45) is 73.6. The summed E-state index contributed by atoms with van der Waals surface area (Å²) in [4.78, 5) is 13.3. The Hall–Kier alpha value is -1.93. The van der Waals surface area contributed by atoms with Crippen LogP contribution >= 0.6 is 0 Å². The molecule has 0 aromatic carbocycles. The molecular formula is C76H143NO10. The molecule has 1 aliphatic heterocycles. The molecule has 1 saturated heterocycles. The number of hydrogen-bond acceptors (Lipinski definition) is 10. The van der Waals surface area contributed by atoms with Crippen LogP contribution in [0.25, 0.3) is 0 Å². The van der Waals surface area contributed by atoms with Crippen LogP contribution in [0.4, 0.5) is 0 Å². The number of ether oxygens (including phenoxy) is 2. The van der Waals surface area contributed by atoms with Gasteiger partial charge in [0.05, 0.1) is 25.4 Å². The Kier molecular flexibility index (Phi) is 61.3. The highest BCUT2D eigenvalue weighted by Crippen LogP contribution is 2.24. The lowest BCUT2D eigenvalue weighted by atomic mass is 9.98. The van der Waals surface area contributed by atoms with Gasteiger partial charge in [-0.3, -0.25) is 4.79 Å². The Labute approximate surface area is 536 Å². The van der Waals surface area contributed by atoms with Crippen molar-refractivity contribution in [3.05, 3.63) is 48.6 Å². The highest BCUT2D eigenvalue weighted by molar-refractivity contribution is 5.80. The van der Waals surface area contributed by atoms with Crippen LogP contribution in [0.3, 0.4) is 0 Å². The van der Waals surface area contributed by atoms with Crippen molar-refractivity contribution in [2.24, 2.45) is 0 Å². The number of carbonyl (C=O) groups is 1. The number of nitrogens with one attached hydrogen (secondary N) is 1. The molecule has 0 aliphatic carbocycles. The van der Waals surface area contributed by atoms with Gasteiger partial charge in [0.1, 0.15) is 36.6 Å². The van der Waals surface area contributed by atoms with Crippen LogP contribution in [0.5, 0.6) is 0 Å². The normalized spacial score (nSPS) is 18.9. The Morgan fingerprint density at radius 3 is 1.02 bits per heavy atom. The molecule has 11 heteroatoms. The van der Waals surface area contributed by atoms with E-state index in [1.807, 2.05) is 0 Å². The zero-order valence-corrected chi connectivity index (χ0v) is 56.8. The minimum atomic E-state index is -1.68. The number of amides is 1. The lowest BCUT2D eigenvalue weighted by Crippen LogP contribution is -2.60. The Bertz CT molecular complexity index is 1560. The zero-order valence-electron chi connectivity index (χ0n) is 56.8. The van der Waals surface area contributed by atoms with Crippen LogP contribution in [0.15, 0.2) is 48.6 Å². The number of allylic oxidation sites excluding steroid dienone is 8. The van der Waals surface area contributed by atoms with Crippen molar-refractivity contribution in [1.82, 2.24) is 5.32 Å². The molecule has 87 heavy (non-hydrogen) atoms. The molecule has 0 spiro atoms. The highest BCUT2D eigenvalue weighted by Gasteiger charge is 2.44. The second kappa shape index (κ2) is 64.2. The molecule has 1 amide bonds. The Balaban J connectivity index is 2.21. The molecule has 1 fully saturated rings. The zero-order chi connectivity index (χ0) is 63.1. The van der Waals surface area contributed by atoms with Crippen molar-refractivity contribution >= 4 is 5.91 Å². The molecule has 8 N–H and O–H groups in total. The van der Waals surface area contributed by atoms with Crippen molar-refractivity contribution < 1.29 is 50.0 Å². The van der Waals surface area contributed by atoms with E-state index < -0.39 is 74.2 Å². The Morgan fingerprint density at radius 2 is 0.690 bits per heavy atom. The number of rotatable bonds is 66. The summed E-state index contributed by atoms with van der Waals surface area (Å²) < 4.78 is 11.2. The van der Waals surface area contributed by atoms with Gasteiger partial charge in [0.2, 0.25) is 5.91 Å². The average molecular weight is 1230 g/mol. The van der Waals surface area contributed by atoms with Crippen molar-refractivity contribution in [3.63, 3.8) is 0 Å². The lowest BCUT2D eigenvalue weighted by Gasteiger charge is -2.40. The predicted octanol–water partition coefficient (Wildman–Crippen LogP) is 18.7. The van der Waals surface area contributed by atoms with E-state index in [-0.39, 0.29) is 12.8 Å². The van der Waals surface area contributed by atoms with Gasteiger partial charge in [-0.15, -0.1) is 0 Å². The first-order chi connectivity index (χ1) is 42.7. The fourth-order valence-corrected chi connectivity index (χ4v) is 12.1. The highest BCUT2D eigenvalue weighted by atomic mass is 16.7. The van der Waals surface area contributed by atoms with Gasteiger partial charge in [-0.05, 0) is 89.9 Å². The molecule has 0 aromatic rings. The molecule has 11 nitrogen and oxygen atoms in total. The first kappa shape index (κ1) is 83.1. The van der Waals surface area contributed by atoms with Crippen molar-refractivity contribution in [2.45, 2.75) is 416 Å². The van der Waals surface area contributed by atoms with Gasteiger partial charge < -0.3 is 50.5 Å². The molecule has 0 aromatic heterocycles. The quantitative estimate of drug-likeness (QED) is 0.0215. The second-order valence-electron chi connectivity index (χ2n) is 26.3. The topological polar surface area (TPSA) is 189 Å². The molecule has 1 rings (SSSR count). The third-order valence-electron chi connectivity index (χ3n) is 18.1. The van der Waals surface area contributed by atoms with E-state index >= 15 is 0 Å². The van der Waals surface area contributed by atoms with Crippen LogP contribution < -0.4 is 5.32 Å². The van der Waals surface area contributed by atoms with Crippen molar-refractivity contribution in [3.8, 4) is 0 Å². The predicted molar refractivity (Wildman–Crippen MR) is 367 cm³/mol.